The van der Waals surface area contributed by atoms with Crippen molar-refractivity contribution < 1.29 is 14.3 Å². The summed E-state index contributed by atoms with van der Waals surface area (Å²) in [5, 5.41) is 3.03. The van der Waals surface area contributed by atoms with Gasteiger partial charge < -0.3 is 15.0 Å². The highest BCUT2D eigenvalue weighted by Gasteiger charge is 2.30. The van der Waals surface area contributed by atoms with E-state index in [-0.39, 0.29) is 24.3 Å². The quantitative estimate of drug-likeness (QED) is 0.451. The lowest BCUT2D eigenvalue weighted by Gasteiger charge is -2.32. The van der Waals surface area contributed by atoms with Crippen molar-refractivity contribution in [2.75, 3.05) is 7.11 Å². The van der Waals surface area contributed by atoms with Gasteiger partial charge in [0.15, 0.2) is 0 Å². The Morgan fingerprint density at radius 1 is 0.857 bits per heavy atom. The summed E-state index contributed by atoms with van der Waals surface area (Å²) in [7, 11) is 1.62. The highest BCUT2D eigenvalue weighted by atomic mass is 16.5. The number of hydrogen-bond donors (Lipinski definition) is 1. The predicted molar refractivity (Wildman–Crippen MR) is 140 cm³/mol. The Morgan fingerprint density at radius 3 is 2.23 bits per heavy atom. The van der Waals surface area contributed by atoms with E-state index in [0.29, 0.717) is 13.0 Å². The van der Waals surface area contributed by atoms with E-state index in [4.69, 9.17) is 4.74 Å². The molecule has 0 saturated carbocycles. The van der Waals surface area contributed by atoms with Crippen LogP contribution < -0.4 is 10.1 Å². The molecule has 0 heterocycles. The van der Waals surface area contributed by atoms with Gasteiger partial charge in [0.25, 0.3) is 0 Å². The van der Waals surface area contributed by atoms with E-state index in [2.05, 4.69) is 18.3 Å². The summed E-state index contributed by atoms with van der Waals surface area (Å²) in [6.07, 6.45) is 0.660. The average Bonchev–Trinajstić information content (AvgIpc) is 2.84. The minimum absolute atomic E-state index is 0.0331. The van der Waals surface area contributed by atoms with Crippen molar-refractivity contribution in [3.63, 3.8) is 0 Å². The van der Waals surface area contributed by atoms with E-state index in [1.165, 1.54) is 5.56 Å². The molecule has 0 aliphatic rings. The molecule has 0 fully saturated rings. The second kappa shape index (κ2) is 12.2. The molecule has 0 bridgehead atoms. The predicted octanol–water partition coefficient (Wildman–Crippen LogP) is 5.02. The number of ether oxygens (including phenoxy) is 1. The van der Waals surface area contributed by atoms with Gasteiger partial charge in [-0.2, -0.15) is 0 Å². The van der Waals surface area contributed by atoms with Crippen LogP contribution in [0.5, 0.6) is 5.75 Å². The number of nitrogens with one attached hydrogen (secondary N) is 1. The molecule has 0 aromatic heterocycles. The molecular formula is C30H36N2O3. The molecule has 3 rings (SSSR count). The molecule has 184 valence electrons. The number of methoxy groups -OCH3 is 1. The van der Waals surface area contributed by atoms with E-state index in [1.807, 2.05) is 87.5 Å². The van der Waals surface area contributed by atoms with Crippen LogP contribution in [0.15, 0.2) is 72.8 Å². The zero-order valence-electron chi connectivity index (χ0n) is 21.4. The maximum atomic E-state index is 13.8. The van der Waals surface area contributed by atoms with Crippen molar-refractivity contribution in [2.24, 2.45) is 0 Å². The van der Waals surface area contributed by atoms with Gasteiger partial charge in [-0.05, 0) is 67.6 Å². The van der Waals surface area contributed by atoms with Crippen molar-refractivity contribution in [1.29, 1.82) is 0 Å². The smallest absolute Gasteiger partial charge is 0.243 e. The summed E-state index contributed by atoms with van der Waals surface area (Å²) in [6, 6.07) is 22.9. The van der Waals surface area contributed by atoms with Crippen molar-refractivity contribution in [2.45, 2.75) is 59.2 Å². The lowest BCUT2D eigenvalue weighted by atomic mass is 10.00. The van der Waals surface area contributed by atoms with Gasteiger partial charge in [-0.15, -0.1) is 0 Å². The van der Waals surface area contributed by atoms with E-state index >= 15 is 0 Å². The summed E-state index contributed by atoms with van der Waals surface area (Å²) in [5.41, 5.74) is 5.19. The van der Waals surface area contributed by atoms with Crippen molar-refractivity contribution in [3.05, 3.63) is 101 Å². The number of hydrogen-bond acceptors (Lipinski definition) is 3. The first-order valence-corrected chi connectivity index (χ1v) is 12.1. The van der Waals surface area contributed by atoms with Gasteiger partial charge in [-0.3, -0.25) is 9.59 Å². The van der Waals surface area contributed by atoms with Crippen LogP contribution in [-0.4, -0.2) is 35.9 Å². The zero-order valence-corrected chi connectivity index (χ0v) is 21.4. The van der Waals surface area contributed by atoms with Crippen LogP contribution in [0.4, 0.5) is 0 Å². The summed E-state index contributed by atoms with van der Waals surface area (Å²) < 4.78 is 5.39. The Kier molecular flexibility index (Phi) is 9.07. The SMILES string of the molecule is COc1cccc(CN(C(=O)Cc2ccc(C)c(C)c2)[C@H](Cc2ccccc2)C(=O)NC(C)C)c1. The minimum Gasteiger partial charge on any atom is -0.497 e. The molecule has 0 radical (unpaired) electrons. The van der Waals surface area contributed by atoms with E-state index in [0.717, 1.165) is 28.0 Å². The number of carbonyl (C=O) groups excluding carboxylic acids is 2. The fourth-order valence-electron chi connectivity index (χ4n) is 4.09. The maximum Gasteiger partial charge on any atom is 0.243 e. The van der Waals surface area contributed by atoms with Gasteiger partial charge in [0.05, 0.1) is 13.5 Å². The molecular weight excluding hydrogens is 436 g/mol. The van der Waals surface area contributed by atoms with Gasteiger partial charge >= 0.3 is 0 Å². The Labute approximate surface area is 209 Å². The minimum atomic E-state index is -0.648. The van der Waals surface area contributed by atoms with E-state index in [1.54, 1.807) is 12.0 Å². The monoisotopic (exact) mass is 472 g/mol. The first-order chi connectivity index (χ1) is 16.8. The molecule has 3 aromatic rings. The number of aryl methyl sites for hydroxylation is 2. The second-order valence-corrected chi connectivity index (χ2v) is 9.34. The normalized spacial score (nSPS) is 11.7. The second-order valence-electron chi connectivity index (χ2n) is 9.34. The summed E-state index contributed by atoms with van der Waals surface area (Å²) in [5.74, 6) is 0.478. The van der Waals surface area contributed by atoms with Crippen molar-refractivity contribution in [1.82, 2.24) is 10.2 Å². The summed E-state index contributed by atoms with van der Waals surface area (Å²) >= 11 is 0. The Hall–Kier alpha value is -3.60. The first-order valence-electron chi connectivity index (χ1n) is 12.1. The number of amides is 2. The number of benzene rings is 3. The molecule has 3 aromatic carbocycles. The third-order valence-corrected chi connectivity index (χ3v) is 6.12. The highest BCUT2D eigenvalue weighted by Crippen LogP contribution is 2.20. The van der Waals surface area contributed by atoms with Gasteiger partial charge in [0.2, 0.25) is 11.8 Å². The van der Waals surface area contributed by atoms with Gasteiger partial charge in [0.1, 0.15) is 11.8 Å². The molecule has 35 heavy (non-hydrogen) atoms. The largest absolute Gasteiger partial charge is 0.497 e. The van der Waals surface area contributed by atoms with E-state index in [9.17, 15) is 9.59 Å². The van der Waals surface area contributed by atoms with Crippen LogP contribution in [0, 0.1) is 13.8 Å². The van der Waals surface area contributed by atoms with Crippen LogP contribution in [0.3, 0.4) is 0 Å². The Bertz CT molecular complexity index is 1140. The number of rotatable bonds is 10. The fourth-order valence-corrected chi connectivity index (χ4v) is 4.09. The molecule has 0 aliphatic heterocycles. The van der Waals surface area contributed by atoms with Gasteiger partial charge in [-0.25, -0.2) is 0 Å². The third kappa shape index (κ3) is 7.44. The number of carbonyl (C=O) groups is 2. The molecule has 1 atom stereocenters. The van der Waals surface area contributed by atoms with Gasteiger partial charge in [-0.1, -0.05) is 60.7 Å². The topological polar surface area (TPSA) is 58.6 Å². The number of nitrogens with zero attached hydrogens (tertiary/aromatic N) is 1. The zero-order chi connectivity index (χ0) is 25.4. The molecule has 5 nitrogen and oxygen atoms in total. The molecule has 1 N–H and O–H groups in total. The Morgan fingerprint density at radius 2 is 1.57 bits per heavy atom. The van der Waals surface area contributed by atoms with E-state index < -0.39 is 6.04 Å². The van der Waals surface area contributed by atoms with Crippen LogP contribution in [0.25, 0.3) is 0 Å². The summed E-state index contributed by atoms with van der Waals surface area (Å²) in [4.78, 5) is 29.0. The van der Waals surface area contributed by atoms with Crippen molar-refractivity contribution >= 4 is 11.8 Å². The summed E-state index contributed by atoms with van der Waals surface area (Å²) in [6.45, 7) is 8.28. The fraction of sp³-hybridized carbons (Fsp3) is 0.333. The van der Waals surface area contributed by atoms with Gasteiger partial charge in [0, 0.05) is 19.0 Å². The molecule has 0 unspecified atom stereocenters. The highest BCUT2D eigenvalue weighted by molar-refractivity contribution is 5.89. The van der Waals surface area contributed by atoms with Crippen LogP contribution >= 0.6 is 0 Å². The third-order valence-electron chi connectivity index (χ3n) is 6.12. The van der Waals surface area contributed by atoms with Crippen molar-refractivity contribution in [3.8, 4) is 5.75 Å². The molecule has 0 aliphatic carbocycles. The molecule has 0 saturated heterocycles. The van der Waals surface area contributed by atoms with Crippen LogP contribution in [0.2, 0.25) is 0 Å². The van der Waals surface area contributed by atoms with Crippen LogP contribution in [-0.2, 0) is 29.0 Å². The standard InChI is InChI=1S/C30H36N2O3/c1-21(2)31-30(34)28(18-24-10-7-6-8-11-24)32(20-26-12-9-13-27(17-26)35-5)29(33)19-25-15-14-22(3)23(4)16-25/h6-17,21,28H,18-20H2,1-5H3,(H,31,34)/t28-/m1/s1. The molecule has 2 amide bonds. The molecule has 5 heteroatoms. The first kappa shape index (κ1) is 26.0. The Balaban J connectivity index is 1.99. The lowest BCUT2D eigenvalue weighted by molar-refractivity contribution is -0.141. The maximum absolute atomic E-state index is 13.8. The average molecular weight is 473 g/mol. The lowest BCUT2D eigenvalue weighted by Crippen LogP contribution is -2.52. The molecule has 0 spiro atoms. The van der Waals surface area contributed by atoms with Crippen LogP contribution in [0.1, 0.15) is 41.7 Å².